The zero-order valence-corrected chi connectivity index (χ0v) is 16.1. The fourth-order valence-corrected chi connectivity index (χ4v) is 4.69. The summed E-state index contributed by atoms with van der Waals surface area (Å²) in [5.74, 6) is 0.745. The van der Waals surface area contributed by atoms with Crippen molar-refractivity contribution in [3.05, 3.63) is 48.0 Å². The highest BCUT2D eigenvalue weighted by Crippen LogP contribution is 2.39. The van der Waals surface area contributed by atoms with Crippen LogP contribution in [0.4, 0.5) is 11.4 Å². The molecule has 1 amide bonds. The van der Waals surface area contributed by atoms with E-state index in [1.807, 2.05) is 11.8 Å². The van der Waals surface area contributed by atoms with E-state index in [-0.39, 0.29) is 22.8 Å². The number of hydrogen-bond donors (Lipinski definition) is 1. The summed E-state index contributed by atoms with van der Waals surface area (Å²) >= 11 is 0. The van der Waals surface area contributed by atoms with Gasteiger partial charge in [0.2, 0.25) is 5.91 Å². The molecule has 0 radical (unpaired) electrons. The molecular weight excluding hydrogens is 364 g/mol. The molecule has 2 aromatic rings. The number of hydrogen-bond acceptors (Lipinski definition) is 4. The quantitative estimate of drug-likeness (QED) is 0.856. The van der Waals surface area contributed by atoms with Crippen LogP contribution in [0.5, 0.6) is 5.75 Å². The van der Waals surface area contributed by atoms with Gasteiger partial charge in [-0.25, -0.2) is 8.42 Å². The van der Waals surface area contributed by atoms with Crippen LogP contribution >= 0.6 is 0 Å². The summed E-state index contributed by atoms with van der Waals surface area (Å²) in [7, 11) is -2.26. The van der Waals surface area contributed by atoms with Crippen molar-refractivity contribution in [3.8, 4) is 5.75 Å². The Morgan fingerprint density at radius 3 is 2.63 bits per heavy atom. The second-order valence-electron chi connectivity index (χ2n) is 7.13. The van der Waals surface area contributed by atoms with Crippen molar-refractivity contribution in [2.45, 2.75) is 37.1 Å². The molecule has 1 heterocycles. The van der Waals surface area contributed by atoms with Crippen molar-refractivity contribution in [1.29, 1.82) is 0 Å². The van der Waals surface area contributed by atoms with Crippen molar-refractivity contribution in [1.82, 2.24) is 0 Å². The predicted octanol–water partition coefficient (Wildman–Crippen LogP) is 3.18. The molecule has 27 heavy (non-hydrogen) atoms. The van der Waals surface area contributed by atoms with Gasteiger partial charge in [-0.3, -0.25) is 9.52 Å². The lowest BCUT2D eigenvalue weighted by molar-refractivity contribution is -0.120. The summed E-state index contributed by atoms with van der Waals surface area (Å²) in [5.41, 5.74) is 2.11. The van der Waals surface area contributed by atoms with E-state index in [1.165, 1.54) is 7.11 Å². The molecule has 2 aromatic carbocycles. The monoisotopic (exact) mass is 386 g/mol. The molecule has 0 spiro atoms. The van der Waals surface area contributed by atoms with E-state index in [4.69, 9.17) is 4.74 Å². The molecule has 6 nitrogen and oxygen atoms in total. The maximum absolute atomic E-state index is 12.8. The molecule has 0 bridgehead atoms. The molecular formula is C20H22N2O4S. The largest absolute Gasteiger partial charge is 0.495 e. The number of nitrogens with one attached hydrogen (secondary N) is 1. The van der Waals surface area contributed by atoms with Crippen LogP contribution in [0.2, 0.25) is 0 Å². The highest BCUT2D eigenvalue weighted by atomic mass is 32.2. The SMILES string of the molecule is COc1ccccc1NS(=O)(=O)c1ccc2c(c1)C[C@@H](C)N2C(=O)C1CC1. The Morgan fingerprint density at radius 1 is 1.19 bits per heavy atom. The molecule has 1 saturated carbocycles. The molecule has 0 aromatic heterocycles. The van der Waals surface area contributed by atoms with Crippen LogP contribution in [-0.4, -0.2) is 27.5 Å². The maximum atomic E-state index is 12.8. The lowest BCUT2D eigenvalue weighted by Crippen LogP contribution is -2.36. The Balaban J connectivity index is 1.64. The Labute approximate surface area is 159 Å². The Kier molecular flexibility index (Phi) is 4.34. The van der Waals surface area contributed by atoms with Gasteiger partial charge in [-0.15, -0.1) is 0 Å². The van der Waals surface area contributed by atoms with E-state index < -0.39 is 10.0 Å². The van der Waals surface area contributed by atoms with E-state index in [2.05, 4.69) is 4.72 Å². The van der Waals surface area contributed by atoms with Gasteiger partial charge in [0.05, 0.1) is 17.7 Å². The van der Waals surface area contributed by atoms with Crippen LogP contribution in [0.1, 0.15) is 25.3 Å². The van der Waals surface area contributed by atoms with Gasteiger partial charge in [0, 0.05) is 17.6 Å². The minimum absolute atomic E-state index is 0.0493. The summed E-state index contributed by atoms with van der Waals surface area (Å²) in [4.78, 5) is 14.6. The van der Waals surface area contributed by atoms with Gasteiger partial charge in [0.15, 0.2) is 0 Å². The number of amides is 1. The number of carbonyl (C=O) groups is 1. The van der Waals surface area contributed by atoms with Crippen molar-refractivity contribution in [2.75, 3.05) is 16.7 Å². The summed E-state index contributed by atoms with van der Waals surface area (Å²) < 4.78 is 33.5. The first-order valence-corrected chi connectivity index (χ1v) is 10.5. The van der Waals surface area contributed by atoms with Crippen molar-refractivity contribution >= 4 is 27.3 Å². The Bertz CT molecular complexity index is 999. The standard InChI is InChI=1S/C20H22N2O4S/c1-13-11-15-12-16(9-10-18(15)22(13)20(23)14-7-8-14)27(24,25)21-17-5-3-4-6-19(17)26-2/h3-6,9-10,12-14,21H,7-8,11H2,1-2H3/t13-/m1/s1. The van der Waals surface area contributed by atoms with Crippen molar-refractivity contribution in [2.24, 2.45) is 5.92 Å². The summed E-state index contributed by atoms with van der Waals surface area (Å²) in [6.07, 6.45) is 2.56. The van der Waals surface area contributed by atoms with Crippen LogP contribution in [0.25, 0.3) is 0 Å². The van der Waals surface area contributed by atoms with E-state index in [0.29, 0.717) is 17.9 Å². The summed E-state index contributed by atoms with van der Waals surface area (Å²) in [6.45, 7) is 2.00. The third-order valence-electron chi connectivity index (χ3n) is 5.09. The number of carbonyl (C=O) groups excluding carboxylic acids is 1. The summed E-state index contributed by atoms with van der Waals surface area (Å²) in [5, 5.41) is 0. The number of methoxy groups -OCH3 is 1. The lowest BCUT2D eigenvalue weighted by atomic mass is 10.1. The number of benzene rings is 2. The third kappa shape index (κ3) is 3.27. The van der Waals surface area contributed by atoms with Crippen LogP contribution < -0.4 is 14.4 Å². The zero-order valence-electron chi connectivity index (χ0n) is 15.3. The molecule has 142 valence electrons. The molecule has 0 unspecified atom stereocenters. The first-order chi connectivity index (χ1) is 12.9. The molecule has 1 fully saturated rings. The van der Waals surface area contributed by atoms with Crippen molar-refractivity contribution in [3.63, 3.8) is 0 Å². The maximum Gasteiger partial charge on any atom is 0.262 e. The molecule has 1 N–H and O–H groups in total. The molecule has 7 heteroatoms. The van der Waals surface area contributed by atoms with Crippen LogP contribution in [0.15, 0.2) is 47.4 Å². The number of fused-ring (bicyclic) bond motifs is 1. The molecule has 0 saturated heterocycles. The number of ether oxygens (including phenoxy) is 1. The van der Waals surface area contributed by atoms with E-state index in [9.17, 15) is 13.2 Å². The third-order valence-corrected chi connectivity index (χ3v) is 6.46. The van der Waals surface area contributed by atoms with Gasteiger partial charge in [-0.1, -0.05) is 12.1 Å². The predicted molar refractivity (Wildman–Crippen MR) is 104 cm³/mol. The lowest BCUT2D eigenvalue weighted by Gasteiger charge is -2.22. The van der Waals surface area contributed by atoms with E-state index >= 15 is 0 Å². The molecule has 1 aliphatic carbocycles. The average molecular weight is 386 g/mol. The van der Waals surface area contributed by atoms with Gasteiger partial charge in [0.25, 0.3) is 10.0 Å². The number of nitrogens with zero attached hydrogens (tertiary/aromatic N) is 1. The molecule has 2 aliphatic rings. The highest BCUT2D eigenvalue weighted by Gasteiger charge is 2.39. The molecule has 1 aliphatic heterocycles. The van der Waals surface area contributed by atoms with Crippen LogP contribution in [-0.2, 0) is 21.2 Å². The van der Waals surface area contributed by atoms with Gasteiger partial charge < -0.3 is 9.64 Å². The fraction of sp³-hybridized carbons (Fsp3) is 0.350. The second-order valence-corrected chi connectivity index (χ2v) is 8.81. The first kappa shape index (κ1) is 17.9. The smallest absolute Gasteiger partial charge is 0.262 e. The fourth-order valence-electron chi connectivity index (χ4n) is 3.57. The van der Waals surface area contributed by atoms with E-state index in [1.54, 1.807) is 42.5 Å². The minimum Gasteiger partial charge on any atom is -0.495 e. The minimum atomic E-state index is -3.76. The van der Waals surface area contributed by atoms with E-state index in [0.717, 1.165) is 24.1 Å². The van der Waals surface area contributed by atoms with Crippen LogP contribution in [0, 0.1) is 5.92 Å². The zero-order chi connectivity index (χ0) is 19.2. The summed E-state index contributed by atoms with van der Waals surface area (Å²) in [6, 6.07) is 11.9. The second kappa shape index (κ2) is 6.56. The van der Waals surface area contributed by atoms with Gasteiger partial charge >= 0.3 is 0 Å². The van der Waals surface area contributed by atoms with Gasteiger partial charge in [-0.05, 0) is 62.1 Å². The first-order valence-electron chi connectivity index (χ1n) is 9.02. The number of anilines is 2. The van der Waals surface area contributed by atoms with Gasteiger partial charge in [-0.2, -0.15) is 0 Å². The van der Waals surface area contributed by atoms with Gasteiger partial charge in [0.1, 0.15) is 5.75 Å². The highest BCUT2D eigenvalue weighted by molar-refractivity contribution is 7.92. The topological polar surface area (TPSA) is 75.7 Å². The number of sulfonamides is 1. The Hall–Kier alpha value is -2.54. The molecule has 1 atom stereocenters. The Morgan fingerprint density at radius 2 is 1.93 bits per heavy atom. The number of rotatable bonds is 5. The number of para-hydroxylation sites is 2. The average Bonchev–Trinajstić information content (AvgIpc) is 3.43. The normalized spacial score (nSPS) is 18.9. The van der Waals surface area contributed by atoms with Crippen LogP contribution in [0.3, 0.4) is 0 Å². The molecule has 4 rings (SSSR count). The van der Waals surface area contributed by atoms with Crippen molar-refractivity contribution < 1.29 is 17.9 Å².